The summed E-state index contributed by atoms with van der Waals surface area (Å²) in [6.07, 6.45) is -0.587. The van der Waals surface area contributed by atoms with Crippen LogP contribution in [0.1, 0.15) is 45.0 Å². The van der Waals surface area contributed by atoms with E-state index < -0.39 is 30.1 Å². The molecule has 2 aliphatic rings. The lowest BCUT2D eigenvalue weighted by Gasteiger charge is -2.36. The fourth-order valence-corrected chi connectivity index (χ4v) is 8.18. The zero-order valence-corrected chi connectivity index (χ0v) is 34.7. The van der Waals surface area contributed by atoms with E-state index in [1.54, 1.807) is 59.9 Å². The number of aliphatic carboxylic acids is 1. The number of fused-ring (bicyclic) bond motifs is 2. The largest absolute Gasteiger partial charge is 0.489 e. The van der Waals surface area contributed by atoms with Crippen molar-refractivity contribution < 1.29 is 29.0 Å². The molecule has 3 atom stereocenters. The topological polar surface area (TPSA) is 141 Å². The number of thiophene rings is 1. The second-order valence-electron chi connectivity index (χ2n) is 14.6. The summed E-state index contributed by atoms with van der Waals surface area (Å²) in [5.41, 5.74) is 7.73. The number of hydrogen-bond donors (Lipinski definition) is 3. The van der Waals surface area contributed by atoms with E-state index in [0.717, 1.165) is 38.9 Å². The van der Waals surface area contributed by atoms with E-state index in [1.807, 2.05) is 76.3 Å². The molecule has 6 aromatic rings. The van der Waals surface area contributed by atoms with Crippen LogP contribution in [-0.4, -0.2) is 46.4 Å². The fraction of sp³-hybridized carbons (Fsp3) is 0.167. The molecule has 61 heavy (non-hydrogen) atoms. The maximum absolute atomic E-state index is 14.1. The molecule has 0 saturated heterocycles. The van der Waals surface area contributed by atoms with Crippen molar-refractivity contribution in [3.63, 3.8) is 0 Å². The Bertz CT molecular complexity index is 2710. The Labute approximate surface area is 366 Å². The van der Waals surface area contributed by atoms with Crippen LogP contribution in [0.5, 0.6) is 11.5 Å². The van der Waals surface area contributed by atoms with E-state index in [2.05, 4.69) is 28.5 Å². The number of halogens is 2. The SMILES string of the molecule is N#Cc1ccc(-c2ccc(C[C@H](NC(=O)C3Cc4cc5c(cc4CN3CC#Cc3ccsc3)O[C@@H](c3ccc(OCc4ccc(Cl)c(Cl)c4)cc3)C(=O)N5)C(=O)O)cc2)cc1. The Morgan fingerprint density at radius 1 is 0.918 bits per heavy atom. The molecule has 0 saturated carbocycles. The van der Waals surface area contributed by atoms with Gasteiger partial charge in [0.25, 0.3) is 5.91 Å². The molecule has 0 spiro atoms. The lowest BCUT2D eigenvalue weighted by atomic mass is 9.91. The normalized spacial score (nSPS) is 16.0. The first-order valence-corrected chi connectivity index (χ1v) is 21.0. The predicted octanol–water partition coefficient (Wildman–Crippen LogP) is 8.84. The van der Waals surface area contributed by atoms with Crippen molar-refractivity contribution in [3.05, 3.63) is 169 Å². The first kappa shape index (κ1) is 41.1. The summed E-state index contributed by atoms with van der Waals surface area (Å²) in [7, 11) is 0. The molecule has 1 aromatic heterocycles. The first-order chi connectivity index (χ1) is 29.6. The quantitative estimate of drug-likeness (QED) is 0.110. The highest BCUT2D eigenvalue weighted by Gasteiger charge is 2.36. The van der Waals surface area contributed by atoms with Gasteiger partial charge >= 0.3 is 5.97 Å². The summed E-state index contributed by atoms with van der Waals surface area (Å²) in [4.78, 5) is 42.0. The minimum atomic E-state index is -1.19. The van der Waals surface area contributed by atoms with Gasteiger partial charge in [-0.05, 0) is 99.8 Å². The Hall–Kier alpha value is -6.60. The fourth-order valence-electron chi connectivity index (χ4n) is 7.28. The Morgan fingerprint density at radius 3 is 2.34 bits per heavy atom. The minimum absolute atomic E-state index is 0.0719. The van der Waals surface area contributed by atoms with E-state index in [1.165, 1.54) is 0 Å². The van der Waals surface area contributed by atoms with Gasteiger partial charge < -0.3 is 25.2 Å². The molecule has 0 radical (unpaired) electrons. The van der Waals surface area contributed by atoms with E-state index in [9.17, 15) is 19.5 Å². The monoisotopic (exact) mass is 866 g/mol. The van der Waals surface area contributed by atoms with Crippen molar-refractivity contribution in [1.29, 1.82) is 5.26 Å². The number of nitrogens with zero attached hydrogens (tertiary/aromatic N) is 2. The van der Waals surface area contributed by atoms with Crippen molar-refractivity contribution in [2.75, 3.05) is 11.9 Å². The third-order valence-corrected chi connectivity index (χ3v) is 12.0. The van der Waals surface area contributed by atoms with E-state index in [4.69, 9.17) is 37.9 Å². The zero-order valence-electron chi connectivity index (χ0n) is 32.4. The number of anilines is 1. The maximum atomic E-state index is 14.1. The number of carbonyl (C=O) groups is 3. The van der Waals surface area contributed by atoms with E-state index in [0.29, 0.717) is 44.9 Å². The molecule has 0 bridgehead atoms. The minimum Gasteiger partial charge on any atom is -0.489 e. The number of nitriles is 1. The second kappa shape index (κ2) is 18.3. The summed E-state index contributed by atoms with van der Waals surface area (Å²) < 4.78 is 12.2. The number of nitrogens with one attached hydrogen (secondary N) is 2. The van der Waals surface area contributed by atoms with Gasteiger partial charge in [0.2, 0.25) is 12.0 Å². The van der Waals surface area contributed by atoms with Gasteiger partial charge in [0.1, 0.15) is 24.1 Å². The number of carboxylic acid groups (broad SMARTS) is 1. The average Bonchev–Trinajstić information content (AvgIpc) is 3.80. The highest BCUT2D eigenvalue weighted by atomic mass is 35.5. The maximum Gasteiger partial charge on any atom is 0.326 e. The van der Waals surface area contributed by atoms with Crippen molar-refractivity contribution in [2.24, 2.45) is 0 Å². The molecule has 304 valence electrons. The molecular weight excluding hydrogens is 832 g/mol. The molecule has 10 nitrogen and oxygen atoms in total. The van der Waals surface area contributed by atoms with Gasteiger partial charge in [-0.3, -0.25) is 14.5 Å². The number of hydrogen-bond acceptors (Lipinski definition) is 8. The van der Waals surface area contributed by atoms with Crippen LogP contribution in [0, 0.1) is 23.2 Å². The van der Waals surface area contributed by atoms with Crippen molar-refractivity contribution in [2.45, 2.75) is 44.2 Å². The Balaban J connectivity index is 0.973. The highest BCUT2D eigenvalue weighted by Crippen LogP contribution is 2.40. The molecule has 1 unspecified atom stereocenters. The van der Waals surface area contributed by atoms with E-state index in [-0.39, 0.29) is 31.9 Å². The number of rotatable bonds is 11. The van der Waals surface area contributed by atoms with Gasteiger partial charge in [0, 0.05) is 29.5 Å². The molecule has 2 amide bonds. The van der Waals surface area contributed by atoms with Crippen LogP contribution >= 0.6 is 34.5 Å². The molecule has 13 heteroatoms. The molecule has 8 rings (SSSR count). The first-order valence-electron chi connectivity index (χ1n) is 19.3. The third-order valence-electron chi connectivity index (χ3n) is 10.5. The van der Waals surface area contributed by atoms with Crippen LogP contribution in [0.3, 0.4) is 0 Å². The summed E-state index contributed by atoms with van der Waals surface area (Å²) in [5, 5.41) is 30.0. The van der Waals surface area contributed by atoms with Crippen LogP contribution in [0.2, 0.25) is 10.0 Å². The van der Waals surface area contributed by atoms with Crippen molar-refractivity contribution in [1.82, 2.24) is 10.2 Å². The third kappa shape index (κ3) is 9.73. The summed E-state index contributed by atoms with van der Waals surface area (Å²) in [6.45, 7) is 0.866. The molecule has 3 N–H and O–H groups in total. The lowest BCUT2D eigenvalue weighted by Crippen LogP contribution is -2.54. The van der Waals surface area contributed by atoms with Gasteiger partial charge in [-0.1, -0.05) is 89.6 Å². The Morgan fingerprint density at radius 2 is 1.66 bits per heavy atom. The number of benzene rings is 5. The summed E-state index contributed by atoms with van der Waals surface area (Å²) in [6, 6.07) is 32.9. The summed E-state index contributed by atoms with van der Waals surface area (Å²) >= 11 is 13.7. The molecule has 5 aromatic carbocycles. The number of carboxylic acids is 1. The van der Waals surface area contributed by atoms with Crippen LogP contribution < -0.4 is 20.1 Å². The van der Waals surface area contributed by atoms with Gasteiger partial charge in [0.15, 0.2) is 0 Å². The van der Waals surface area contributed by atoms with Crippen molar-refractivity contribution >= 4 is 58.0 Å². The van der Waals surface area contributed by atoms with Gasteiger partial charge in [-0.2, -0.15) is 16.6 Å². The van der Waals surface area contributed by atoms with Crippen molar-refractivity contribution in [3.8, 4) is 40.5 Å². The number of ether oxygens (including phenoxy) is 2. The van der Waals surface area contributed by atoms with E-state index >= 15 is 0 Å². The van der Waals surface area contributed by atoms with Gasteiger partial charge in [-0.15, -0.1) is 0 Å². The molecule has 0 fully saturated rings. The second-order valence-corrected chi connectivity index (χ2v) is 16.2. The molecule has 3 heterocycles. The van der Waals surface area contributed by atoms with Gasteiger partial charge in [-0.25, -0.2) is 4.79 Å². The standard InChI is InChI=1S/C48H36Cl2N4O6S/c49-39-16-7-32(20-40(39)50)27-59-38-14-12-35(13-15-38)45-47(56)52-41-22-36-23-43(54(26-37(36)24-44(41)60-45)18-1-2-31-17-19-61-28-31)46(55)53-42(48(57)58)21-29-3-8-33(9-4-29)34-10-5-30(25-51)6-11-34/h3-17,19-20,22,24,28,42-43,45H,18,21,23,26-27H2,(H,52,56)(H,53,55)(H,57,58)/t42-,43?,45-/m0/s1. The smallest absolute Gasteiger partial charge is 0.326 e. The van der Waals surface area contributed by atoms with Crippen LogP contribution in [0.4, 0.5) is 5.69 Å². The predicted molar refractivity (Wildman–Crippen MR) is 235 cm³/mol. The van der Waals surface area contributed by atoms with Gasteiger partial charge in [0.05, 0.1) is 40.0 Å². The van der Waals surface area contributed by atoms with Crippen LogP contribution in [-0.2, 0) is 40.4 Å². The number of amides is 2. The van der Waals surface area contributed by atoms with Crippen LogP contribution in [0.15, 0.2) is 120 Å². The van der Waals surface area contributed by atoms with Crippen LogP contribution in [0.25, 0.3) is 11.1 Å². The lowest BCUT2D eigenvalue weighted by molar-refractivity contribution is -0.142. The average molecular weight is 868 g/mol. The zero-order chi connectivity index (χ0) is 42.5. The molecular formula is C48H36Cl2N4O6S. The number of carbonyl (C=O) groups excluding carboxylic acids is 2. The Kier molecular flexibility index (Phi) is 12.4. The highest BCUT2D eigenvalue weighted by molar-refractivity contribution is 7.08. The summed E-state index contributed by atoms with van der Waals surface area (Å²) in [5.74, 6) is 5.52. The molecule has 2 aliphatic heterocycles. The molecule has 0 aliphatic carbocycles.